The molecule has 1 rings (SSSR count). The highest BCUT2D eigenvalue weighted by atomic mass is 32.1. The predicted octanol–water partition coefficient (Wildman–Crippen LogP) is -1.29. The van der Waals surface area contributed by atoms with Crippen LogP contribution >= 0.6 is 12.2 Å². The van der Waals surface area contributed by atoms with Gasteiger partial charge in [-0.05, 0) is 12.2 Å². The van der Waals surface area contributed by atoms with E-state index in [1.165, 1.54) is 0 Å². The van der Waals surface area contributed by atoms with Gasteiger partial charge in [-0.2, -0.15) is 5.10 Å². The maximum atomic E-state index is 5.19. The van der Waals surface area contributed by atoms with Crippen molar-refractivity contribution in [1.82, 2.24) is 15.6 Å². The number of nitrogens with two attached hydrogens (primary N) is 1. The molecule has 0 spiro atoms. The van der Waals surface area contributed by atoms with Gasteiger partial charge in [-0.3, -0.25) is 10.3 Å². The summed E-state index contributed by atoms with van der Waals surface area (Å²) in [5.41, 5.74) is 7.72. The van der Waals surface area contributed by atoms with E-state index in [9.17, 15) is 0 Å². The lowest BCUT2D eigenvalue weighted by molar-refractivity contribution is 0.273. The van der Waals surface area contributed by atoms with Crippen LogP contribution in [0, 0.1) is 0 Å². The lowest BCUT2D eigenvalue weighted by atomic mass is 10.4. The molecular formula is C7H15N5S. The standard InChI is InChI=1S/C7H15N5S/c8-7(13)11-10-3-6-12-4-1-9-2-5-12/h3,9H,1-2,4-6H2,(H3,8,11,13)/b10-3+. The molecule has 74 valence electrons. The van der Waals surface area contributed by atoms with Gasteiger partial charge >= 0.3 is 0 Å². The maximum absolute atomic E-state index is 5.19. The monoisotopic (exact) mass is 201 g/mol. The average molecular weight is 201 g/mol. The van der Waals surface area contributed by atoms with Crippen LogP contribution in [-0.4, -0.2) is 49.0 Å². The molecule has 5 nitrogen and oxygen atoms in total. The number of nitrogens with one attached hydrogen (secondary N) is 2. The third-order valence-corrected chi connectivity index (χ3v) is 1.91. The zero-order valence-electron chi connectivity index (χ0n) is 7.49. The predicted molar refractivity (Wildman–Crippen MR) is 57.7 cm³/mol. The SMILES string of the molecule is NC(=S)N/N=C/CN1CCNCC1. The first kappa shape index (κ1) is 10.4. The second-order valence-electron chi connectivity index (χ2n) is 2.84. The van der Waals surface area contributed by atoms with Gasteiger partial charge in [0.1, 0.15) is 0 Å². The summed E-state index contributed by atoms with van der Waals surface area (Å²) in [6.07, 6.45) is 1.78. The van der Waals surface area contributed by atoms with Crippen molar-refractivity contribution in [2.24, 2.45) is 10.8 Å². The van der Waals surface area contributed by atoms with Gasteiger partial charge in [0, 0.05) is 38.9 Å². The Morgan fingerprint density at radius 2 is 2.31 bits per heavy atom. The molecule has 0 aromatic carbocycles. The first-order chi connectivity index (χ1) is 6.29. The molecule has 1 heterocycles. The van der Waals surface area contributed by atoms with Crippen molar-refractivity contribution in [3.05, 3.63) is 0 Å². The van der Waals surface area contributed by atoms with Crippen molar-refractivity contribution in [3.63, 3.8) is 0 Å². The van der Waals surface area contributed by atoms with E-state index in [-0.39, 0.29) is 5.11 Å². The van der Waals surface area contributed by atoms with Crippen LogP contribution in [0.3, 0.4) is 0 Å². The first-order valence-corrected chi connectivity index (χ1v) is 4.70. The van der Waals surface area contributed by atoms with Gasteiger partial charge < -0.3 is 11.1 Å². The molecule has 0 unspecified atom stereocenters. The van der Waals surface area contributed by atoms with Gasteiger partial charge in [0.2, 0.25) is 0 Å². The molecule has 0 radical (unpaired) electrons. The summed E-state index contributed by atoms with van der Waals surface area (Å²) in [5, 5.41) is 7.35. The van der Waals surface area contributed by atoms with Crippen LogP contribution in [-0.2, 0) is 0 Å². The van der Waals surface area contributed by atoms with E-state index in [2.05, 4.69) is 33.0 Å². The minimum absolute atomic E-state index is 0.205. The highest BCUT2D eigenvalue weighted by Gasteiger charge is 2.06. The quantitative estimate of drug-likeness (QED) is 0.301. The van der Waals surface area contributed by atoms with Crippen molar-refractivity contribution >= 4 is 23.5 Å². The Bertz CT molecular complexity index is 187. The van der Waals surface area contributed by atoms with Crippen molar-refractivity contribution in [1.29, 1.82) is 0 Å². The number of hydrogen-bond acceptors (Lipinski definition) is 4. The third kappa shape index (κ3) is 4.76. The Balaban J connectivity index is 2.09. The molecule has 1 aliphatic heterocycles. The minimum atomic E-state index is 0.205. The summed E-state index contributed by atoms with van der Waals surface area (Å²) in [7, 11) is 0. The van der Waals surface area contributed by atoms with Crippen LogP contribution in [0.2, 0.25) is 0 Å². The molecule has 0 aromatic heterocycles. The molecule has 0 bridgehead atoms. The van der Waals surface area contributed by atoms with E-state index in [0.717, 1.165) is 32.7 Å². The summed E-state index contributed by atoms with van der Waals surface area (Å²) >= 11 is 4.59. The summed E-state index contributed by atoms with van der Waals surface area (Å²) in [6, 6.07) is 0. The molecule has 13 heavy (non-hydrogen) atoms. The van der Waals surface area contributed by atoms with Crippen LogP contribution in [0.4, 0.5) is 0 Å². The van der Waals surface area contributed by atoms with Crippen LogP contribution in [0.25, 0.3) is 0 Å². The lowest BCUT2D eigenvalue weighted by Crippen LogP contribution is -2.44. The van der Waals surface area contributed by atoms with Gasteiger partial charge in [-0.15, -0.1) is 0 Å². The second kappa shape index (κ2) is 5.85. The Morgan fingerprint density at radius 1 is 1.62 bits per heavy atom. The van der Waals surface area contributed by atoms with Gasteiger partial charge in [0.25, 0.3) is 0 Å². The summed E-state index contributed by atoms with van der Waals surface area (Å²) in [6.45, 7) is 5.09. The Kier molecular flexibility index (Phi) is 4.66. The van der Waals surface area contributed by atoms with E-state index in [1.54, 1.807) is 6.21 Å². The third-order valence-electron chi connectivity index (χ3n) is 1.82. The topological polar surface area (TPSA) is 65.7 Å². The van der Waals surface area contributed by atoms with Gasteiger partial charge in [0.05, 0.1) is 0 Å². The molecule has 0 aromatic rings. The largest absolute Gasteiger partial charge is 0.375 e. The van der Waals surface area contributed by atoms with E-state index in [1.807, 2.05) is 0 Å². The normalized spacial score (nSPS) is 19.1. The van der Waals surface area contributed by atoms with E-state index in [4.69, 9.17) is 5.73 Å². The molecule has 6 heteroatoms. The van der Waals surface area contributed by atoms with Crippen molar-refractivity contribution < 1.29 is 0 Å². The molecule has 0 saturated carbocycles. The minimum Gasteiger partial charge on any atom is -0.375 e. The van der Waals surface area contributed by atoms with Crippen molar-refractivity contribution in [2.75, 3.05) is 32.7 Å². The zero-order chi connectivity index (χ0) is 9.52. The summed E-state index contributed by atoms with van der Waals surface area (Å²) in [4.78, 5) is 2.31. The zero-order valence-corrected chi connectivity index (χ0v) is 8.31. The van der Waals surface area contributed by atoms with Gasteiger partial charge in [-0.25, -0.2) is 0 Å². The molecule has 1 aliphatic rings. The second-order valence-corrected chi connectivity index (χ2v) is 3.28. The van der Waals surface area contributed by atoms with Crippen LogP contribution in [0.15, 0.2) is 5.10 Å². The van der Waals surface area contributed by atoms with E-state index in [0.29, 0.717) is 0 Å². The molecule has 4 N–H and O–H groups in total. The fourth-order valence-corrected chi connectivity index (χ4v) is 1.21. The Labute approximate surface area is 83.3 Å². The first-order valence-electron chi connectivity index (χ1n) is 4.29. The maximum Gasteiger partial charge on any atom is 0.184 e. The molecule has 0 aliphatic carbocycles. The van der Waals surface area contributed by atoms with Crippen LogP contribution < -0.4 is 16.5 Å². The Hall–Kier alpha value is -0.720. The van der Waals surface area contributed by atoms with Crippen LogP contribution in [0.5, 0.6) is 0 Å². The Morgan fingerprint density at radius 3 is 2.92 bits per heavy atom. The van der Waals surface area contributed by atoms with Gasteiger partial charge in [-0.1, -0.05) is 0 Å². The van der Waals surface area contributed by atoms with Crippen LogP contribution in [0.1, 0.15) is 0 Å². The molecule has 1 fully saturated rings. The number of hydrazone groups is 1. The number of hydrogen-bond donors (Lipinski definition) is 3. The fourth-order valence-electron chi connectivity index (χ4n) is 1.16. The fraction of sp³-hybridized carbons (Fsp3) is 0.714. The lowest BCUT2D eigenvalue weighted by Gasteiger charge is -2.25. The van der Waals surface area contributed by atoms with E-state index < -0.39 is 0 Å². The summed E-state index contributed by atoms with van der Waals surface area (Å²) < 4.78 is 0. The number of rotatable bonds is 3. The highest BCUT2D eigenvalue weighted by Crippen LogP contribution is 1.88. The van der Waals surface area contributed by atoms with Crippen molar-refractivity contribution in [2.45, 2.75) is 0 Å². The molecular weight excluding hydrogens is 186 g/mol. The molecule has 1 saturated heterocycles. The highest BCUT2D eigenvalue weighted by molar-refractivity contribution is 7.80. The summed E-state index contributed by atoms with van der Waals surface area (Å²) in [5.74, 6) is 0. The molecule has 0 amide bonds. The average Bonchev–Trinajstić information content (AvgIpc) is 2.14. The smallest absolute Gasteiger partial charge is 0.184 e. The van der Waals surface area contributed by atoms with E-state index >= 15 is 0 Å². The number of thiocarbonyl (C=S) groups is 1. The van der Waals surface area contributed by atoms with Gasteiger partial charge in [0.15, 0.2) is 5.11 Å². The van der Waals surface area contributed by atoms with Crippen molar-refractivity contribution in [3.8, 4) is 0 Å². The number of piperazine rings is 1. The number of nitrogens with zero attached hydrogens (tertiary/aromatic N) is 2. The molecule has 0 atom stereocenters.